The Morgan fingerprint density at radius 2 is 1.50 bits per heavy atom. The summed E-state index contributed by atoms with van der Waals surface area (Å²) in [5, 5.41) is 8.42. The van der Waals surface area contributed by atoms with Gasteiger partial charge in [0.25, 0.3) is 5.91 Å². The van der Waals surface area contributed by atoms with E-state index in [0.29, 0.717) is 25.8 Å². The van der Waals surface area contributed by atoms with E-state index in [1.54, 1.807) is 0 Å². The molecule has 0 spiro atoms. The molecule has 1 aliphatic heterocycles. The number of amides is 5. The summed E-state index contributed by atoms with van der Waals surface area (Å²) >= 11 is 0. The van der Waals surface area contributed by atoms with Crippen molar-refractivity contribution in [2.75, 3.05) is 6.54 Å². The fourth-order valence-electron chi connectivity index (χ4n) is 4.44. The normalized spacial score (nSPS) is 21.1. The Bertz CT molecular complexity index is 856. The van der Waals surface area contributed by atoms with E-state index >= 15 is 0 Å². The van der Waals surface area contributed by atoms with Crippen molar-refractivity contribution in [3.05, 3.63) is 0 Å². The molecule has 4 atom stereocenters. The minimum atomic E-state index is -1.08. The largest absolute Gasteiger partial charge is 0.363 e. The molecule has 0 aromatic rings. The van der Waals surface area contributed by atoms with Crippen molar-refractivity contribution < 1.29 is 24.0 Å². The van der Waals surface area contributed by atoms with Crippen LogP contribution in [0.1, 0.15) is 87.0 Å². The molecule has 5 amide bonds. The van der Waals surface area contributed by atoms with E-state index in [2.05, 4.69) is 16.0 Å². The van der Waals surface area contributed by atoms with Gasteiger partial charge in [0.15, 0.2) is 0 Å². The Morgan fingerprint density at radius 1 is 0.889 bits per heavy atom. The summed E-state index contributed by atoms with van der Waals surface area (Å²) in [6, 6.07) is -3.21. The summed E-state index contributed by atoms with van der Waals surface area (Å²) in [6.45, 7) is 13.9. The van der Waals surface area contributed by atoms with Gasteiger partial charge in [0, 0.05) is 12.6 Å². The molecule has 1 saturated carbocycles. The first-order valence-corrected chi connectivity index (χ1v) is 13.0. The van der Waals surface area contributed by atoms with Crippen molar-refractivity contribution in [2.45, 2.75) is 111 Å². The first-order valence-electron chi connectivity index (χ1n) is 13.0. The number of hydrogen-bond donors (Lipinski definition) is 4. The molecule has 0 radical (unpaired) electrons. The van der Waals surface area contributed by atoms with Gasteiger partial charge in [-0.15, -0.1) is 0 Å². The van der Waals surface area contributed by atoms with E-state index < -0.39 is 47.2 Å². The number of likely N-dealkylation sites (tertiary alicyclic amines) is 1. The summed E-state index contributed by atoms with van der Waals surface area (Å²) in [4.78, 5) is 65.0. The van der Waals surface area contributed by atoms with Crippen molar-refractivity contribution in [3.63, 3.8) is 0 Å². The first-order chi connectivity index (χ1) is 16.5. The number of nitrogens with two attached hydrogens (primary N) is 1. The summed E-state index contributed by atoms with van der Waals surface area (Å²) in [5.74, 6) is -2.45. The molecule has 1 saturated heterocycles. The molecular formula is C26H45N5O5. The third-order valence-corrected chi connectivity index (χ3v) is 7.54. The highest BCUT2D eigenvalue weighted by Gasteiger charge is 2.43. The van der Waals surface area contributed by atoms with Crippen LogP contribution in [0.15, 0.2) is 0 Å². The highest BCUT2D eigenvalue weighted by molar-refractivity contribution is 6.37. The molecule has 2 fully saturated rings. The first kappa shape index (κ1) is 29.6. The van der Waals surface area contributed by atoms with Crippen LogP contribution in [0, 0.1) is 16.7 Å². The molecule has 4 unspecified atom stereocenters. The number of carbonyl (C=O) groups is 5. The standard InChI is InChI=1S/C26H45N5O5/c1-15(25(2,3)4)28-24(36)30-20(26(5,6)7)23(35)31-13-9-12-18(31)22(34)29-17(19(32)21(27)33)14-16-10-8-11-16/h15-18,20H,8-14H2,1-7H3,(H2,27,33)(H,29,34)(H2,28,30,36). The van der Waals surface area contributed by atoms with Crippen LogP contribution >= 0.6 is 0 Å². The van der Waals surface area contributed by atoms with Gasteiger partial charge in [0.1, 0.15) is 12.1 Å². The number of carbonyl (C=O) groups excluding carboxylic acids is 5. The zero-order valence-electron chi connectivity index (χ0n) is 22.9. The fourth-order valence-corrected chi connectivity index (χ4v) is 4.44. The maximum Gasteiger partial charge on any atom is 0.315 e. The lowest BCUT2D eigenvalue weighted by Crippen LogP contribution is -2.61. The lowest BCUT2D eigenvalue weighted by atomic mass is 9.80. The molecule has 0 bridgehead atoms. The van der Waals surface area contributed by atoms with Crippen LogP contribution in [-0.4, -0.2) is 65.1 Å². The molecule has 0 aromatic heterocycles. The van der Waals surface area contributed by atoms with E-state index in [4.69, 9.17) is 5.73 Å². The monoisotopic (exact) mass is 507 g/mol. The third-order valence-electron chi connectivity index (χ3n) is 7.54. The zero-order chi connectivity index (χ0) is 27.4. The predicted molar refractivity (Wildman–Crippen MR) is 137 cm³/mol. The molecule has 1 aliphatic carbocycles. The molecule has 204 valence electrons. The maximum atomic E-state index is 13.6. The molecular weight excluding hydrogens is 462 g/mol. The maximum absolute atomic E-state index is 13.6. The van der Waals surface area contributed by atoms with Gasteiger partial charge in [0.05, 0.1) is 6.04 Å². The number of nitrogens with one attached hydrogen (secondary N) is 3. The summed E-state index contributed by atoms with van der Waals surface area (Å²) < 4.78 is 0. The lowest BCUT2D eigenvalue weighted by molar-refractivity contribution is -0.143. The third kappa shape index (κ3) is 7.67. The van der Waals surface area contributed by atoms with E-state index in [-0.39, 0.29) is 23.3 Å². The van der Waals surface area contributed by atoms with E-state index in [1.165, 1.54) is 4.90 Å². The van der Waals surface area contributed by atoms with Crippen molar-refractivity contribution in [1.29, 1.82) is 0 Å². The average molecular weight is 508 g/mol. The van der Waals surface area contributed by atoms with Crippen LogP contribution in [0.3, 0.4) is 0 Å². The molecule has 2 aliphatic rings. The summed E-state index contributed by atoms with van der Waals surface area (Å²) in [5.41, 5.74) is 4.45. The Labute approximate surface area is 214 Å². The smallest absolute Gasteiger partial charge is 0.315 e. The number of ketones is 1. The Hall–Kier alpha value is -2.65. The van der Waals surface area contributed by atoms with Gasteiger partial charge in [-0.1, -0.05) is 60.8 Å². The molecule has 1 heterocycles. The van der Waals surface area contributed by atoms with Crippen molar-refractivity contribution in [2.24, 2.45) is 22.5 Å². The van der Waals surface area contributed by atoms with Crippen molar-refractivity contribution in [3.8, 4) is 0 Å². The van der Waals surface area contributed by atoms with Gasteiger partial charge >= 0.3 is 6.03 Å². The van der Waals surface area contributed by atoms with Crippen molar-refractivity contribution >= 4 is 29.5 Å². The number of urea groups is 1. The summed E-state index contributed by atoms with van der Waals surface area (Å²) in [7, 11) is 0. The topological polar surface area (TPSA) is 151 Å². The van der Waals surface area contributed by atoms with Gasteiger partial charge in [-0.05, 0) is 42.9 Å². The van der Waals surface area contributed by atoms with E-state index in [9.17, 15) is 24.0 Å². The number of rotatable bonds is 9. The lowest BCUT2D eigenvalue weighted by Gasteiger charge is -2.36. The van der Waals surface area contributed by atoms with Gasteiger partial charge in [-0.2, -0.15) is 0 Å². The van der Waals surface area contributed by atoms with Crippen LogP contribution < -0.4 is 21.7 Å². The average Bonchev–Trinajstić information content (AvgIpc) is 3.21. The Balaban J connectivity index is 2.14. The molecule has 5 N–H and O–H groups in total. The minimum absolute atomic E-state index is 0.131. The van der Waals surface area contributed by atoms with Gasteiger partial charge in [-0.3, -0.25) is 19.2 Å². The highest BCUT2D eigenvalue weighted by atomic mass is 16.2. The second-order valence-corrected chi connectivity index (χ2v) is 12.5. The van der Waals surface area contributed by atoms with Crippen LogP contribution in [0.5, 0.6) is 0 Å². The van der Waals surface area contributed by atoms with E-state index in [1.807, 2.05) is 48.5 Å². The molecule has 2 rings (SSSR count). The minimum Gasteiger partial charge on any atom is -0.363 e. The SMILES string of the molecule is CC(NC(=O)NC(C(=O)N1CCCC1C(=O)NC(CC1CCC1)C(=O)C(N)=O)C(C)(C)C)C(C)(C)C. The highest BCUT2D eigenvalue weighted by Crippen LogP contribution is 2.31. The Kier molecular flexibility index (Phi) is 9.53. The molecule has 10 heteroatoms. The van der Waals surface area contributed by atoms with E-state index in [0.717, 1.165) is 19.3 Å². The number of nitrogens with zero attached hydrogens (tertiary/aromatic N) is 1. The predicted octanol–water partition coefficient (Wildman–Crippen LogP) is 1.86. The van der Waals surface area contributed by atoms with Gasteiger partial charge in [0.2, 0.25) is 17.6 Å². The zero-order valence-corrected chi connectivity index (χ0v) is 22.9. The van der Waals surface area contributed by atoms with Crippen LogP contribution in [0.4, 0.5) is 4.79 Å². The summed E-state index contributed by atoms with van der Waals surface area (Å²) in [6.07, 6.45) is 4.37. The van der Waals surface area contributed by atoms with Crippen LogP contribution in [-0.2, 0) is 19.2 Å². The Morgan fingerprint density at radius 3 is 1.97 bits per heavy atom. The van der Waals surface area contributed by atoms with Crippen molar-refractivity contribution in [1.82, 2.24) is 20.9 Å². The fraction of sp³-hybridized carbons (Fsp3) is 0.808. The second-order valence-electron chi connectivity index (χ2n) is 12.5. The number of primary amides is 1. The molecule has 0 aromatic carbocycles. The number of Topliss-reactive ketones (excluding diaryl/α,β-unsaturated/α-hetero) is 1. The van der Waals surface area contributed by atoms with Crippen LogP contribution in [0.2, 0.25) is 0 Å². The van der Waals surface area contributed by atoms with Crippen LogP contribution in [0.25, 0.3) is 0 Å². The van der Waals surface area contributed by atoms with Gasteiger partial charge in [-0.25, -0.2) is 4.79 Å². The second kappa shape index (κ2) is 11.6. The molecule has 36 heavy (non-hydrogen) atoms. The number of hydrogen-bond acceptors (Lipinski definition) is 5. The molecule has 10 nitrogen and oxygen atoms in total. The van der Waals surface area contributed by atoms with Gasteiger partial charge < -0.3 is 26.6 Å². The quantitative estimate of drug-likeness (QED) is 0.351.